The van der Waals surface area contributed by atoms with E-state index in [4.69, 9.17) is 26.1 Å². The summed E-state index contributed by atoms with van der Waals surface area (Å²) in [6.07, 6.45) is 0. The number of nitrogens with zero attached hydrogens (tertiary/aromatic N) is 6. The van der Waals surface area contributed by atoms with Crippen LogP contribution in [0.4, 0.5) is 5.95 Å². The van der Waals surface area contributed by atoms with Gasteiger partial charge in [-0.3, -0.25) is 4.57 Å². The predicted octanol–water partition coefficient (Wildman–Crippen LogP) is 3.26. The smallest absolute Gasteiger partial charge is 0.257 e. The van der Waals surface area contributed by atoms with Crippen molar-refractivity contribution >= 4 is 28.3 Å². The fourth-order valence-corrected chi connectivity index (χ4v) is 4.67. The highest BCUT2D eigenvalue weighted by Crippen LogP contribution is 2.38. The molecule has 0 amide bonds. The van der Waals surface area contributed by atoms with Crippen molar-refractivity contribution in [2.45, 2.75) is 6.92 Å². The molecule has 0 aliphatic carbocycles. The molecular weight excluding hydrogens is 452 g/mol. The van der Waals surface area contributed by atoms with Crippen LogP contribution in [0.3, 0.4) is 0 Å². The molecule has 1 fully saturated rings. The third kappa shape index (κ3) is 3.93. The molecule has 3 heterocycles. The Bertz CT molecular complexity index is 1350. The van der Waals surface area contributed by atoms with E-state index >= 15 is 0 Å². The molecule has 2 aromatic heterocycles. The van der Waals surface area contributed by atoms with Crippen molar-refractivity contribution in [1.82, 2.24) is 20.1 Å². The number of fused-ring (bicyclic) bond motifs is 1. The van der Waals surface area contributed by atoms with Gasteiger partial charge in [0.2, 0.25) is 5.95 Å². The van der Waals surface area contributed by atoms with Gasteiger partial charge in [-0.05, 0) is 43.6 Å². The highest BCUT2D eigenvalue weighted by Gasteiger charge is 2.23. The molecule has 9 heteroatoms. The van der Waals surface area contributed by atoms with Crippen LogP contribution in [0.5, 0.6) is 11.5 Å². The molecule has 4 aromatic rings. The van der Waals surface area contributed by atoms with Crippen LogP contribution < -0.4 is 23.9 Å². The molecule has 8 nitrogen and oxygen atoms in total. The van der Waals surface area contributed by atoms with E-state index in [-0.39, 0.29) is 0 Å². The molecule has 0 N–H and O–H groups in total. The van der Waals surface area contributed by atoms with Crippen LogP contribution in [0, 0.1) is 6.92 Å². The van der Waals surface area contributed by atoms with Crippen LogP contribution in [-0.4, -0.2) is 62.5 Å². The van der Waals surface area contributed by atoms with Crippen molar-refractivity contribution in [3.05, 3.63) is 53.2 Å². The first-order valence-corrected chi connectivity index (χ1v) is 11.6. The van der Waals surface area contributed by atoms with E-state index in [0.717, 1.165) is 53.9 Å². The van der Waals surface area contributed by atoms with Gasteiger partial charge in [-0.1, -0.05) is 29.8 Å². The van der Waals surface area contributed by atoms with Gasteiger partial charge in [0.25, 0.3) is 5.95 Å². The maximum absolute atomic E-state index is 6.71. The average Bonchev–Trinajstić information content (AvgIpc) is 3.33. The number of likely N-dealkylation sites (N-methyl/N-ethyl adjacent to an activating group) is 1. The second-order valence-corrected chi connectivity index (χ2v) is 8.85. The third-order valence-electron chi connectivity index (χ3n) is 6.30. The first kappa shape index (κ1) is 22.4. The minimum Gasteiger partial charge on any atom is -0.493 e. The fourth-order valence-electron chi connectivity index (χ4n) is 4.44. The Morgan fingerprint density at radius 3 is 2.38 bits per heavy atom. The number of aromatic nitrogens is 4. The van der Waals surface area contributed by atoms with Crippen molar-refractivity contribution in [2.24, 2.45) is 0 Å². The molecule has 0 atom stereocenters. The van der Waals surface area contributed by atoms with E-state index in [1.165, 1.54) is 0 Å². The van der Waals surface area contributed by atoms with Crippen LogP contribution >= 0.6 is 11.6 Å². The molecule has 1 saturated heterocycles. The van der Waals surface area contributed by atoms with Gasteiger partial charge in [0.15, 0.2) is 11.5 Å². The summed E-state index contributed by atoms with van der Waals surface area (Å²) < 4.78 is 13.2. The zero-order valence-electron chi connectivity index (χ0n) is 19.7. The van der Waals surface area contributed by atoms with Crippen LogP contribution in [0.15, 0.2) is 42.5 Å². The molecular formula is C25H27ClN6O2. The number of hydrogen-bond acceptors (Lipinski definition) is 6. The minimum atomic E-state index is 0.512. The third-order valence-corrected chi connectivity index (χ3v) is 6.63. The molecule has 0 unspecified atom stereocenters. The van der Waals surface area contributed by atoms with E-state index in [9.17, 15) is 0 Å². The summed E-state index contributed by atoms with van der Waals surface area (Å²) in [5.74, 6) is 2.46. The van der Waals surface area contributed by atoms with Gasteiger partial charge in [0.1, 0.15) is 0 Å². The minimum absolute atomic E-state index is 0.512. The van der Waals surface area contributed by atoms with E-state index in [0.29, 0.717) is 28.4 Å². The lowest BCUT2D eigenvalue weighted by Crippen LogP contribution is -2.45. The second-order valence-electron chi connectivity index (χ2n) is 8.45. The van der Waals surface area contributed by atoms with Gasteiger partial charge in [-0.15, -0.1) is 10.2 Å². The number of hydrogen-bond donors (Lipinski definition) is 0. The van der Waals surface area contributed by atoms with E-state index in [2.05, 4.69) is 33.1 Å². The second kappa shape index (κ2) is 9.12. The molecule has 0 saturated carbocycles. The van der Waals surface area contributed by atoms with Crippen LogP contribution in [0.1, 0.15) is 5.69 Å². The standard InChI is InChI=1S/C25H27ClN6O2/c1-16-13-17-14-21(33-3)22(34-4)15-19(17)23(18-7-5-6-8-20(18)26)32(16)25-27-24(28-29-25)31-11-9-30(2)10-12-31/h5-8,13-15H,9-12H2,1-4H3. The maximum atomic E-state index is 6.71. The van der Waals surface area contributed by atoms with Crippen LogP contribution in [0.25, 0.3) is 28.0 Å². The largest absolute Gasteiger partial charge is 0.493 e. The molecule has 176 valence electrons. The van der Waals surface area contributed by atoms with Gasteiger partial charge in [0.05, 0.1) is 19.9 Å². The Labute approximate surface area is 203 Å². The summed E-state index contributed by atoms with van der Waals surface area (Å²) in [5, 5.41) is 11.5. The number of halogens is 1. The number of pyridine rings is 1. The molecule has 1 aliphatic heterocycles. The lowest BCUT2D eigenvalue weighted by molar-refractivity contribution is -0.597. The summed E-state index contributed by atoms with van der Waals surface area (Å²) in [4.78, 5) is 9.31. The SMILES string of the molecule is COc1cc2cc(C)[n+](-c3nnc(N4CCN(C)CC4)[n-]3)c(-c3ccccc3Cl)c2cc1OC. The highest BCUT2D eigenvalue weighted by atomic mass is 35.5. The molecule has 5 rings (SSSR count). The van der Waals surface area contributed by atoms with Crippen molar-refractivity contribution in [1.29, 1.82) is 0 Å². The number of piperazine rings is 1. The first-order valence-electron chi connectivity index (χ1n) is 11.2. The topological polar surface area (TPSA) is 68.7 Å². The number of rotatable bonds is 5. The zero-order valence-corrected chi connectivity index (χ0v) is 20.5. The van der Waals surface area contributed by atoms with Crippen molar-refractivity contribution in [3.63, 3.8) is 0 Å². The number of anilines is 1. The number of methoxy groups -OCH3 is 2. The lowest BCUT2D eigenvalue weighted by Gasteiger charge is -2.31. The molecule has 0 bridgehead atoms. The van der Waals surface area contributed by atoms with Gasteiger partial charge in [-0.25, -0.2) is 0 Å². The van der Waals surface area contributed by atoms with E-state index < -0.39 is 0 Å². The predicted molar refractivity (Wildman–Crippen MR) is 132 cm³/mol. The Balaban J connectivity index is 1.74. The van der Waals surface area contributed by atoms with E-state index in [1.54, 1.807) is 14.2 Å². The summed E-state index contributed by atoms with van der Waals surface area (Å²) in [5.41, 5.74) is 2.70. The first-order chi connectivity index (χ1) is 16.5. The Morgan fingerprint density at radius 1 is 0.971 bits per heavy atom. The number of benzene rings is 2. The summed E-state index contributed by atoms with van der Waals surface area (Å²) in [6.45, 7) is 5.72. The van der Waals surface area contributed by atoms with Gasteiger partial charge < -0.3 is 19.3 Å². The summed E-state index contributed by atoms with van der Waals surface area (Å²) in [6, 6.07) is 13.8. The zero-order chi connectivity index (χ0) is 23.8. The molecule has 0 radical (unpaired) electrons. The Morgan fingerprint density at radius 2 is 1.68 bits per heavy atom. The Kier molecular flexibility index (Phi) is 6.02. The fraction of sp³-hybridized carbons (Fsp3) is 0.320. The maximum Gasteiger partial charge on any atom is 0.257 e. The van der Waals surface area contributed by atoms with Crippen molar-refractivity contribution in [2.75, 3.05) is 52.3 Å². The Hall–Kier alpha value is -3.36. The lowest BCUT2D eigenvalue weighted by atomic mass is 10.0. The monoisotopic (exact) mass is 478 g/mol. The van der Waals surface area contributed by atoms with Crippen molar-refractivity contribution < 1.29 is 14.0 Å². The summed E-state index contributed by atoms with van der Waals surface area (Å²) in [7, 11) is 5.39. The molecule has 2 aromatic carbocycles. The molecule has 0 spiro atoms. The summed E-state index contributed by atoms with van der Waals surface area (Å²) >= 11 is 6.71. The van der Waals surface area contributed by atoms with E-state index in [1.807, 2.05) is 47.9 Å². The van der Waals surface area contributed by atoms with Gasteiger partial charge in [0, 0.05) is 47.8 Å². The van der Waals surface area contributed by atoms with Crippen molar-refractivity contribution in [3.8, 4) is 28.7 Å². The van der Waals surface area contributed by atoms with Crippen LogP contribution in [0.2, 0.25) is 5.02 Å². The number of ether oxygens (including phenoxy) is 2. The quantitative estimate of drug-likeness (QED) is 0.408. The molecule has 34 heavy (non-hydrogen) atoms. The van der Waals surface area contributed by atoms with Gasteiger partial charge in [-0.2, -0.15) is 4.98 Å². The number of aryl methyl sites for hydroxylation is 1. The van der Waals surface area contributed by atoms with Crippen LogP contribution in [-0.2, 0) is 0 Å². The van der Waals surface area contributed by atoms with Gasteiger partial charge >= 0.3 is 0 Å². The normalized spacial score (nSPS) is 14.6. The molecule has 1 aliphatic rings. The average molecular weight is 479 g/mol. The highest BCUT2D eigenvalue weighted by molar-refractivity contribution is 6.33.